The number of terminal acetylenes is 1. The first-order chi connectivity index (χ1) is 7.86. The van der Waals surface area contributed by atoms with Crippen LogP contribution in [-0.2, 0) is 0 Å². The smallest absolute Gasteiger partial charge is 0.112 e. The largest absolute Gasteiger partial charge is 0.362 e. The lowest BCUT2D eigenvalue weighted by Crippen LogP contribution is -2.42. The fourth-order valence-corrected chi connectivity index (χ4v) is 2.45. The number of fused-ring (bicyclic) bond motifs is 1. The summed E-state index contributed by atoms with van der Waals surface area (Å²) >= 11 is 0. The maximum Gasteiger partial charge on any atom is 0.112 e. The molecule has 0 spiro atoms. The number of nitrogens with one attached hydrogen (secondary N) is 3. The Bertz CT molecular complexity index is 441. The lowest BCUT2D eigenvalue weighted by atomic mass is 10.2. The van der Waals surface area contributed by atoms with Gasteiger partial charge in [0.15, 0.2) is 0 Å². The average molecular weight is 213 g/mol. The van der Waals surface area contributed by atoms with Crippen LogP contribution in [0.5, 0.6) is 0 Å². The van der Waals surface area contributed by atoms with Crippen LogP contribution in [0.2, 0.25) is 0 Å². The second-order valence-electron chi connectivity index (χ2n) is 4.37. The van der Waals surface area contributed by atoms with E-state index in [1.165, 1.54) is 12.8 Å². The van der Waals surface area contributed by atoms with Crippen LogP contribution < -0.4 is 16.0 Å². The third-order valence-corrected chi connectivity index (χ3v) is 3.31. The van der Waals surface area contributed by atoms with Gasteiger partial charge >= 0.3 is 0 Å². The van der Waals surface area contributed by atoms with Crippen LogP contribution in [-0.4, -0.2) is 18.8 Å². The molecule has 16 heavy (non-hydrogen) atoms. The number of hydrogen-bond acceptors (Lipinski definition) is 3. The predicted octanol–water partition coefficient (Wildman–Crippen LogP) is 1.58. The Morgan fingerprint density at radius 1 is 1.25 bits per heavy atom. The van der Waals surface area contributed by atoms with Crippen molar-refractivity contribution in [3.8, 4) is 12.3 Å². The highest BCUT2D eigenvalue weighted by Gasteiger charge is 2.29. The van der Waals surface area contributed by atoms with Gasteiger partial charge in [-0.05, 0) is 37.6 Å². The lowest BCUT2D eigenvalue weighted by Gasteiger charge is -2.19. The number of rotatable bonds is 1. The molecule has 2 aliphatic rings. The summed E-state index contributed by atoms with van der Waals surface area (Å²) < 4.78 is 0. The summed E-state index contributed by atoms with van der Waals surface area (Å²) in [4.78, 5) is 0. The van der Waals surface area contributed by atoms with E-state index in [9.17, 15) is 0 Å². The minimum atomic E-state index is 0.297. The molecule has 0 saturated carbocycles. The van der Waals surface area contributed by atoms with Crippen molar-refractivity contribution in [1.82, 2.24) is 5.32 Å². The molecule has 1 aromatic carbocycles. The van der Waals surface area contributed by atoms with Gasteiger partial charge in [0.1, 0.15) is 6.17 Å². The number of benzene rings is 1. The molecule has 0 aromatic heterocycles. The van der Waals surface area contributed by atoms with Gasteiger partial charge in [-0.1, -0.05) is 5.92 Å². The van der Waals surface area contributed by atoms with Crippen LogP contribution in [0, 0.1) is 12.3 Å². The van der Waals surface area contributed by atoms with Gasteiger partial charge in [0, 0.05) is 11.6 Å². The molecule has 3 rings (SSSR count). The highest BCUT2D eigenvalue weighted by atomic mass is 15.2. The van der Waals surface area contributed by atoms with E-state index in [0.29, 0.717) is 12.2 Å². The van der Waals surface area contributed by atoms with Gasteiger partial charge in [-0.15, -0.1) is 6.42 Å². The van der Waals surface area contributed by atoms with Crippen LogP contribution in [0.4, 0.5) is 11.4 Å². The highest BCUT2D eigenvalue weighted by molar-refractivity contribution is 5.76. The molecule has 2 heterocycles. The van der Waals surface area contributed by atoms with E-state index >= 15 is 0 Å². The van der Waals surface area contributed by atoms with E-state index in [1.807, 2.05) is 18.2 Å². The number of hydrogen-bond donors (Lipinski definition) is 3. The van der Waals surface area contributed by atoms with Crippen molar-refractivity contribution < 1.29 is 0 Å². The van der Waals surface area contributed by atoms with Crippen LogP contribution in [0.25, 0.3) is 0 Å². The molecule has 0 amide bonds. The quantitative estimate of drug-likeness (QED) is 0.620. The molecule has 2 atom stereocenters. The van der Waals surface area contributed by atoms with Gasteiger partial charge in [-0.2, -0.15) is 0 Å². The van der Waals surface area contributed by atoms with E-state index in [-0.39, 0.29) is 0 Å². The van der Waals surface area contributed by atoms with E-state index < -0.39 is 0 Å². The molecule has 3 N–H and O–H groups in total. The first-order valence-electron chi connectivity index (χ1n) is 5.74. The molecule has 1 unspecified atom stereocenters. The summed E-state index contributed by atoms with van der Waals surface area (Å²) in [7, 11) is 0. The van der Waals surface area contributed by atoms with Crippen molar-refractivity contribution in [1.29, 1.82) is 0 Å². The molecule has 82 valence electrons. The lowest BCUT2D eigenvalue weighted by molar-refractivity contribution is 0.554. The van der Waals surface area contributed by atoms with Crippen molar-refractivity contribution in [2.75, 3.05) is 17.2 Å². The van der Waals surface area contributed by atoms with E-state index in [4.69, 9.17) is 6.42 Å². The normalized spacial score (nSPS) is 26.7. The zero-order valence-electron chi connectivity index (χ0n) is 9.09. The molecular formula is C13H15N3. The van der Waals surface area contributed by atoms with Crippen molar-refractivity contribution in [2.24, 2.45) is 0 Å². The van der Waals surface area contributed by atoms with Crippen molar-refractivity contribution >= 4 is 11.4 Å². The maximum atomic E-state index is 5.39. The second kappa shape index (κ2) is 3.73. The molecule has 3 heteroatoms. The summed E-state index contributed by atoms with van der Waals surface area (Å²) in [5.41, 5.74) is 3.19. The zero-order chi connectivity index (χ0) is 11.0. The summed E-state index contributed by atoms with van der Waals surface area (Å²) in [6.45, 7) is 1.12. The SMILES string of the molecule is C#Cc1ccc2c(c1)NC([C@@H]1CCCN1)N2. The molecule has 2 aliphatic heterocycles. The molecule has 1 fully saturated rings. The number of anilines is 2. The topological polar surface area (TPSA) is 36.1 Å². The monoisotopic (exact) mass is 213 g/mol. The van der Waals surface area contributed by atoms with Gasteiger partial charge in [0.05, 0.1) is 11.4 Å². The van der Waals surface area contributed by atoms with Gasteiger partial charge in [0.2, 0.25) is 0 Å². The third-order valence-electron chi connectivity index (χ3n) is 3.31. The standard InChI is InChI=1S/C13H15N3/c1-2-9-5-6-10-12(8-9)16-13(15-10)11-4-3-7-14-11/h1,5-6,8,11,13-16H,3-4,7H2/t11-,13?/m0/s1. The zero-order valence-corrected chi connectivity index (χ0v) is 9.09. The Kier molecular flexibility index (Phi) is 2.23. The Hall–Kier alpha value is -1.66. The molecule has 0 radical (unpaired) electrons. The first kappa shape index (κ1) is 9.56. The first-order valence-corrected chi connectivity index (χ1v) is 5.74. The van der Waals surface area contributed by atoms with Gasteiger partial charge in [-0.3, -0.25) is 0 Å². The molecule has 0 bridgehead atoms. The summed E-state index contributed by atoms with van der Waals surface area (Å²) in [6, 6.07) is 6.56. The van der Waals surface area contributed by atoms with Crippen molar-refractivity contribution in [2.45, 2.75) is 25.0 Å². The fourth-order valence-electron chi connectivity index (χ4n) is 2.45. The van der Waals surface area contributed by atoms with E-state index in [1.54, 1.807) is 0 Å². The fraction of sp³-hybridized carbons (Fsp3) is 0.385. The molecule has 3 nitrogen and oxygen atoms in total. The van der Waals surface area contributed by atoms with Crippen molar-refractivity contribution in [3.63, 3.8) is 0 Å². The third kappa shape index (κ3) is 1.52. The Balaban J connectivity index is 1.81. The second-order valence-corrected chi connectivity index (χ2v) is 4.37. The predicted molar refractivity (Wildman–Crippen MR) is 66.4 cm³/mol. The van der Waals surface area contributed by atoms with Gasteiger partial charge in [0.25, 0.3) is 0 Å². The van der Waals surface area contributed by atoms with E-state index in [2.05, 4.69) is 21.9 Å². The Morgan fingerprint density at radius 3 is 2.88 bits per heavy atom. The minimum absolute atomic E-state index is 0.297. The van der Waals surface area contributed by atoms with Crippen molar-refractivity contribution in [3.05, 3.63) is 23.8 Å². The van der Waals surface area contributed by atoms with Crippen LogP contribution in [0.15, 0.2) is 18.2 Å². The Morgan fingerprint density at radius 2 is 2.12 bits per heavy atom. The average Bonchev–Trinajstić information content (AvgIpc) is 2.96. The highest BCUT2D eigenvalue weighted by Crippen LogP contribution is 2.31. The summed E-state index contributed by atoms with van der Waals surface area (Å²) in [5, 5.41) is 10.5. The maximum absolute atomic E-state index is 5.39. The van der Waals surface area contributed by atoms with Gasteiger partial charge < -0.3 is 16.0 Å². The van der Waals surface area contributed by atoms with Crippen LogP contribution in [0.3, 0.4) is 0 Å². The molecule has 1 aromatic rings. The van der Waals surface area contributed by atoms with Gasteiger partial charge in [-0.25, -0.2) is 0 Å². The van der Waals surface area contributed by atoms with E-state index in [0.717, 1.165) is 23.5 Å². The van der Waals surface area contributed by atoms with Crippen LogP contribution in [0.1, 0.15) is 18.4 Å². The summed E-state index contributed by atoms with van der Waals surface area (Å²) in [6.07, 6.45) is 8.17. The van der Waals surface area contributed by atoms with Crippen LogP contribution >= 0.6 is 0 Å². The minimum Gasteiger partial charge on any atom is -0.362 e. The molecular weight excluding hydrogens is 198 g/mol. The molecule has 0 aliphatic carbocycles. The summed E-state index contributed by atoms with van der Waals surface area (Å²) in [5.74, 6) is 2.66. The molecule has 1 saturated heterocycles. The Labute approximate surface area is 95.6 Å².